The van der Waals surface area contributed by atoms with Gasteiger partial charge >= 0.3 is 11.9 Å². The Morgan fingerprint density at radius 1 is 1.04 bits per heavy atom. The van der Waals surface area contributed by atoms with Gasteiger partial charge in [-0.05, 0) is 67.5 Å². The minimum Gasteiger partial charge on any atom is -0.508 e. The SMILES string of the molecule is CCOC(=O)c1c(C)n(C(C)(C)C)c2ccc(O)c(C(C)(C)C(=O)OCC)c12. The van der Waals surface area contributed by atoms with E-state index < -0.39 is 17.4 Å². The molecule has 1 aromatic carbocycles. The number of hydrogen-bond donors (Lipinski definition) is 1. The lowest BCUT2D eigenvalue weighted by Crippen LogP contribution is -2.31. The number of ether oxygens (including phenoxy) is 2. The number of nitrogens with zero attached hydrogens (tertiary/aromatic N) is 1. The van der Waals surface area contributed by atoms with Gasteiger partial charge < -0.3 is 19.1 Å². The molecule has 0 aliphatic carbocycles. The summed E-state index contributed by atoms with van der Waals surface area (Å²) in [4.78, 5) is 25.6. The van der Waals surface area contributed by atoms with Crippen LogP contribution in [-0.4, -0.2) is 34.8 Å². The Balaban J connectivity index is 3.02. The number of carbonyl (C=O) groups excluding carboxylic acids is 2. The Hall–Kier alpha value is -2.50. The van der Waals surface area contributed by atoms with E-state index in [0.717, 1.165) is 11.2 Å². The maximum Gasteiger partial charge on any atom is 0.340 e. The highest BCUT2D eigenvalue weighted by atomic mass is 16.5. The number of carbonyl (C=O) groups is 2. The van der Waals surface area contributed by atoms with Crippen molar-refractivity contribution in [2.75, 3.05) is 13.2 Å². The number of aromatic hydroxyl groups is 1. The molecule has 0 radical (unpaired) electrons. The third kappa shape index (κ3) is 3.48. The Bertz CT molecular complexity index is 915. The van der Waals surface area contributed by atoms with E-state index in [-0.39, 0.29) is 24.5 Å². The predicted molar refractivity (Wildman–Crippen MR) is 109 cm³/mol. The number of fused-ring (bicyclic) bond motifs is 1. The molecule has 6 heteroatoms. The van der Waals surface area contributed by atoms with Gasteiger partial charge in [0.25, 0.3) is 0 Å². The molecule has 0 unspecified atom stereocenters. The summed E-state index contributed by atoms with van der Waals surface area (Å²) >= 11 is 0. The zero-order valence-corrected chi connectivity index (χ0v) is 18.1. The van der Waals surface area contributed by atoms with E-state index in [0.29, 0.717) is 16.5 Å². The summed E-state index contributed by atoms with van der Waals surface area (Å²) in [5.41, 5.74) is 0.755. The van der Waals surface area contributed by atoms with Crippen LogP contribution in [-0.2, 0) is 25.2 Å². The molecule has 6 nitrogen and oxygen atoms in total. The molecular formula is C22H31NO5. The highest BCUT2D eigenvalue weighted by molar-refractivity contribution is 6.09. The lowest BCUT2D eigenvalue weighted by molar-refractivity contribution is -0.148. The van der Waals surface area contributed by atoms with Crippen LogP contribution in [0, 0.1) is 6.92 Å². The molecule has 0 aliphatic rings. The molecule has 2 aromatic rings. The van der Waals surface area contributed by atoms with Crippen LogP contribution in [0.1, 0.15) is 70.1 Å². The van der Waals surface area contributed by atoms with E-state index in [1.54, 1.807) is 39.8 Å². The van der Waals surface area contributed by atoms with Gasteiger partial charge in [-0.2, -0.15) is 0 Å². The molecular weight excluding hydrogens is 358 g/mol. The molecule has 1 heterocycles. The molecule has 0 bridgehead atoms. The number of phenolic OH excluding ortho intramolecular Hbond substituents is 1. The van der Waals surface area contributed by atoms with Crippen LogP contribution in [0.5, 0.6) is 5.75 Å². The zero-order valence-electron chi connectivity index (χ0n) is 18.1. The van der Waals surface area contributed by atoms with Crippen LogP contribution < -0.4 is 0 Å². The Labute approximate surface area is 166 Å². The first-order valence-corrected chi connectivity index (χ1v) is 9.61. The Kier molecular flexibility index (Phi) is 5.83. The van der Waals surface area contributed by atoms with Gasteiger partial charge in [-0.1, -0.05) is 0 Å². The summed E-state index contributed by atoms with van der Waals surface area (Å²) in [5.74, 6) is -0.990. The smallest absolute Gasteiger partial charge is 0.340 e. The second-order valence-electron chi connectivity index (χ2n) is 8.39. The molecule has 0 atom stereocenters. The molecule has 154 valence electrons. The van der Waals surface area contributed by atoms with Crippen LogP contribution in [0.2, 0.25) is 0 Å². The molecule has 1 N–H and O–H groups in total. The Morgan fingerprint density at radius 2 is 1.61 bits per heavy atom. The second kappa shape index (κ2) is 7.49. The maximum absolute atomic E-state index is 12.9. The normalized spacial score (nSPS) is 12.3. The lowest BCUT2D eigenvalue weighted by Gasteiger charge is -2.27. The maximum atomic E-state index is 12.9. The Morgan fingerprint density at radius 3 is 2.11 bits per heavy atom. The van der Waals surface area contributed by atoms with Crippen molar-refractivity contribution in [1.29, 1.82) is 0 Å². The average molecular weight is 389 g/mol. The highest BCUT2D eigenvalue weighted by Crippen LogP contribution is 2.43. The number of aromatic nitrogens is 1. The largest absolute Gasteiger partial charge is 0.508 e. The molecule has 0 saturated heterocycles. The van der Waals surface area contributed by atoms with E-state index in [2.05, 4.69) is 0 Å². The molecule has 1 aromatic heterocycles. The highest BCUT2D eigenvalue weighted by Gasteiger charge is 2.39. The van der Waals surface area contributed by atoms with Crippen molar-refractivity contribution in [2.24, 2.45) is 0 Å². The first kappa shape index (κ1) is 21.8. The minimum atomic E-state index is -1.16. The van der Waals surface area contributed by atoms with Crippen molar-refractivity contribution in [3.05, 3.63) is 29.0 Å². The van der Waals surface area contributed by atoms with Gasteiger partial charge in [0.05, 0.1) is 29.7 Å². The zero-order chi connectivity index (χ0) is 21.4. The van der Waals surface area contributed by atoms with Crippen molar-refractivity contribution >= 4 is 22.8 Å². The fraction of sp³-hybridized carbons (Fsp3) is 0.545. The van der Waals surface area contributed by atoms with Crippen molar-refractivity contribution in [1.82, 2.24) is 4.57 Å². The van der Waals surface area contributed by atoms with Gasteiger partial charge in [-0.15, -0.1) is 0 Å². The molecule has 0 fully saturated rings. The number of rotatable bonds is 5. The monoisotopic (exact) mass is 389 g/mol. The average Bonchev–Trinajstić information content (AvgIpc) is 2.86. The first-order chi connectivity index (χ1) is 12.9. The number of hydrogen-bond acceptors (Lipinski definition) is 5. The first-order valence-electron chi connectivity index (χ1n) is 9.61. The molecule has 0 aliphatic heterocycles. The van der Waals surface area contributed by atoms with Gasteiger partial charge in [0, 0.05) is 22.2 Å². The van der Waals surface area contributed by atoms with Crippen LogP contribution in [0.15, 0.2) is 12.1 Å². The molecule has 0 amide bonds. The fourth-order valence-electron chi connectivity index (χ4n) is 3.86. The van der Waals surface area contributed by atoms with Crippen LogP contribution in [0.25, 0.3) is 10.9 Å². The summed E-state index contributed by atoms with van der Waals surface area (Å²) in [7, 11) is 0. The summed E-state index contributed by atoms with van der Waals surface area (Å²) in [6.07, 6.45) is 0. The molecule has 2 rings (SSSR count). The molecule has 28 heavy (non-hydrogen) atoms. The van der Waals surface area contributed by atoms with Crippen molar-refractivity contribution in [3.63, 3.8) is 0 Å². The van der Waals surface area contributed by atoms with Crippen LogP contribution >= 0.6 is 0 Å². The molecule has 0 spiro atoms. The standard InChI is InChI=1S/C22H31NO5/c1-9-27-19(25)16-13(3)23(21(4,5)6)14-11-12-15(24)18(17(14)16)22(7,8)20(26)28-10-2/h11-12,24H,9-10H2,1-8H3. The summed E-state index contributed by atoms with van der Waals surface area (Å²) in [6.45, 7) is 15.3. The number of phenols is 1. The fourth-order valence-corrected chi connectivity index (χ4v) is 3.86. The summed E-state index contributed by atoms with van der Waals surface area (Å²) < 4.78 is 12.6. The number of benzene rings is 1. The lowest BCUT2D eigenvalue weighted by atomic mass is 9.81. The third-order valence-electron chi connectivity index (χ3n) is 4.91. The van der Waals surface area contributed by atoms with E-state index in [4.69, 9.17) is 9.47 Å². The van der Waals surface area contributed by atoms with Gasteiger partial charge in [-0.3, -0.25) is 4.79 Å². The van der Waals surface area contributed by atoms with Gasteiger partial charge in [0.15, 0.2) is 0 Å². The predicted octanol–water partition coefficient (Wildman–Crippen LogP) is 4.43. The summed E-state index contributed by atoms with van der Waals surface area (Å²) in [6, 6.07) is 3.34. The second-order valence-corrected chi connectivity index (χ2v) is 8.39. The van der Waals surface area contributed by atoms with Crippen LogP contribution in [0.3, 0.4) is 0 Å². The van der Waals surface area contributed by atoms with Crippen LogP contribution in [0.4, 0.5) is 0 Å². The van der Waals surface area contributed by atoms with Gasteiger partial charge in [0.2, 0.25) is 0 Å². The summed E-state index contributed by atoms with van der Waals surface area (Å²) in [5, 5.41) is 11.3. The van der Waals surface area contributed by atoms with E-state index in [9.17, 15) is 14.7 Å². The number of esters is 2. The van der Waals surface area contributed by atoms with Crippen molar-refractivity contribution in [2.45, 2.75) is 66.3 Å². The molecule has 0 saturated carbocycles. The van der Waals surface area contributed by atoms with Gasteiger partial charge in [-0.25, -0.2) is 4.79 Å². The quantitative estimate of drug-likeness (QED) is 0.766. The van der Waals surface area contributed by atoms with Crippen molar-refractivity contribution < 1.29 is 24.2 Å². The van der Waals surface area contributed by atoms with Gasteiger partial charge in [0.1, 0.15) is 5.75 Å². The topological polar surface area (TPSA) is 77.8 Å². The van der Waals surface area contributed by atoms with Crippen molar-refractivity contribution in [3.8, 4) is 5.75 Å². The minimum absolute atomic E-state index is 0.0536. The van der Waals surface area contributed by atoms with E-state index in [1.165, 1.54) is 0 Å². The van der Waals surface area contributed by atoms with E-state index in [1.807, 2.05) is 32.3 Å². The van der Waals surface area contributed by atoms with E-state index >= 15 is 0 Å². The third-order valence-corrected chi connectivity index (χ3v) is 4.91.